The van der Waals surface area contributed by atoms with Crippen molar-refractivity contribution in [2.75, 3.05) is 20.1 Å². The largest absolute Gasteiger partial charge is 0.307 e. The summed E-state index contributed by atoms with van der Waals surface area (Å²) >= 11 is 0. The lowest BCUT2D eigenvalue weighted by Gasteiger charge is -2.12. The van der Waals surface area contributed by atoms with Gasteiger partial charge in [0, 0.05) is 0 Å². The summed E-state index contributed by atoms with van der Waals surface area (Å²) in [6.07, 6.45) is 4.07. The smallest absolute Gasteiger partial charge is 0.00219 e. The van der Waals surface area contributed by atoms with Crippen molar-refractivity contribution in [3.05, 3.63) is 0 Å². The summed E-state index contributed by atoms with van der Waals surface area (Å²) in [5.41, 5.74) is 0. The van der Waals surface area contributed by atoms with Gasteiger partial charge in [0.2, 0.25) is 0 Å². The summed E-state index contributed by atoms with van der Waals surface area (Å²) in [7, 11) is 2.18. The van der Waals surface area contributed by atoms with Crippen molar-refractivity contribution >= 4 is 0 Å². The van der Waals surface area contributed by atoms with Crippen molar-refractivity contribution in [3.8, 4) is 0 Å². The van der Waals surface area contributed by atoms with Gasteiger partial charge >= 0.3 is 0 Å². The molecular weight excluding hydrogens is 158 g/mol. The molecule has 0 aromatic heterocycles. The Morgan fingerprint density at radius 1 is 0.846 bits per heavy atom. The third-order valence-electron chi connectivity index (χ3n) is 1.68. The van der Waals surface area contributed by atoms with Crippen LogP contribution in [0, 0.1) is 0 Å². The number of hydrogen-bond acceptors (Lipinski definition) is 1. The van der Waals surface area contributed by atoms with Gasteiger partial charge in [-0.05, 0) is 26.6 Å². The summed E-state index contributed by atoms with van der Waals surface area (Å²) < 4.78 is 0. The Morgan fingerprint density at radius 2 is 1.31 bits per heavy atom. The molecule has 0 aliphatic carbocycles. The summed E-state index contributed by atoms with van der Waals surface area (Å²) in [5, 5.41) is 0. The molecule has 0 aromatic carbocycles. The van der Waals surface area contributed by atoms with Crippen molar-refractivity contribution in [1.82, 2.24) is 4.90 Å². The van der Waals surface area contributed by atoms with Gasteiger partial charge in [0.05, 0.1) is 0 Å². The molecule has 0 fully saturated rings. The molecule has 0 amide bonds. The fourth-order valence-corrected chi connectivity index (χ4v) is 0.790. The van der Waals surface area contributed by atoms with Gasteiger partial charge in [-0.15, -0.1) is 0 Å². The van der Waals surface area contributed by atoms with E-state index in [4.69, 9.17) is 0 Å². The Morgan fingerprint density at radius 3 is 1.62 bits per heavy atom. The maximum Gasteiger partial charge on any atom is -0.00219 e. The second kappa shape index (κ2) is 22.7. The van der Waals surface area contributed by atoms with E-state index in [1.54, 1.807) is 0 Å². The Hall–Kier alpha value is -0.0400. The fraction of sp³-hybridized carbons (Fsp3) is 1.00. The van der Waals surface area contributed by atoms with Crippen LogP contribution in [0.15, 0.2) is 0 Å². The van der Waals surface area contributed by atoms with Crippen molar-refractivity contribution in [2.24, 2.45) is 0 Å². The molecule has 0 spiro atoms. The molecule has 0 bridgehead atoms. The van der Waals surface area contributed by atoms with Gasteiger partial charge in [-0.1, -0.05) is 54.4 Å². The highest BCUT2D eigenvalue weighted by atomic mass is 15.1. The monoisotopic (exact) mass is 189 g/mol. The second-order valence-electron chi connectivity index (χ2n) is 2.60. The Kier molecular flexibility index (Phi) is 32.6. The first-order chi connectivity index (χ1) is 6.31. The van der Waals surface area contributed by atoms with Gasteiger partial charge in [-0.3, -0.25) is 0 Å². The van der Waals surface area contributed by atoms with Crippen LogP contribution in [0.5, 0.6) is 0 Å². The molecule has 13 heavy (non-hydrogen) atoms. The molecule has 0 rings (SSSR count). The van der Waals surface area contributed by atoms with Gasteiger partial charge in [0.25, 0.3) is 0 Å². The van der Waals surface area contributed by atoms with Crippen LogP contribution >= 0.6 is 0 Å². The predicted molar refractivity (Wildman–Crippen MR) is 65.4 cm³/mol. The van der Waals surface area contributed by atoms with Crippen LogP contribution < -0.4 is 0 Å². The molecule has 0 saturated carbocycles. The highest BCUT2D eigenvalue weighted by molar-refractivity contribution is 4.46. The van der Waals surface area contributed by atoms with E-state index in [0.29, 0.717) is 0 Å². The summed E-state index contributed by atoms with van der Waals surface area (Å²) in [6.45, 7) is 14.9. The quantitative estimate of drug-likeness (QED) is 0.586. The molecular formula is C12H31N. The first kappa shape index (κ1) is 18.7. The van der Waals surface area contributed by atoms with Crippen LogP contribution in [0.25, 0.3) is 0 Å². The SMILES string of the molecule is CC.CC.CCCCCN(C)CC. The van der Waals surface area contributed by atoms with Gasteiger partial charge in [-0.25, -0.2) is 0 Å². The average Bonchev–Trinajstić information content (AvgIpc) is 2.24. The van der Waals surface area contributed by atoms with Gasteiger partial charge in [0.15, 0.2) is 0 Å². The van der Waals surface area contributed by atoms with E-state index in [0.717, 1.165) is 0 Å². The van der Waals surface area contributed by atoms with Crippen LogP contribution in [-0.4, -0.2) is 25.0 Å². The normalized spacial score (nSPS) is 8.31. The first-order valence-electron chi connectivity index (χ1n) is 5.99. The highest BCUT2D eigenvalue weighted by Gasteiger charge is 1.91. The van der Waals surface area contributed by atoms with Crippen LogP contribution in [0.4, 0.5) is 0 Å². The fourth-order valence-electron chi connectivity index (χ4n) is 0.790. The average molecular weight is 189 g/mol. The molecule has 0 N–H and O–H groups in total. The highest BCUT2D eigenvalue weighted by Crippen LogP contribution is 1.94. The first-order valence-corrected chi connectivity index (χ1v) is 5.99. The zero-order valence-electron chi connectivity index (χ0n) is 11.0. The number of hydrogen-bond donors (Lipinski definition) is 0. The van der Waals surface area contributed by atoms with Gasteiger partial charge < -0.3 is 4.90 Å². The Balaban J connectivity index is -0.000000218. The zero-order valence-corrected chi connectivity index (χ0v) is 11.0. The summed E-state index contributed by atoms with van der Waals surface area (Å²) in [6, 6.07) is 0. The maximum atomic E-state index is 2.36. The standard InChI is InChI=1S/C8H19N.2C2H6/c1-4-6-7-8-9(3)5-2;2*1-2/h4-8H2,1-3H3;2*1-2H3. The van der Waals surface area contributed by atoms with Crippen LogP contribution in [0.2, 0.25) is 0 Å². The van der Waals surface area contributed by atoms with E-state index in [1.807, 2.05) is 27.7 Å². The summed E-state index contributed by atoms with van der Waals surface area (Å²) in [5.74, 6) is 0. The lowest BCUT2D eigenvalue weighted by Crippen LogP contribution is -2.18. The van der Waals surface area contributed by atoms with Crippen LogP contribution in [0.3, 0.4) is 0 Å². The van der Waals surface area contributed by atoms with Crippen LogP contribution in [-0.2, 0) is 0 Å². The molecule has 0 atom stereocenters. The maximum absolute atomic E-state index is 2.36. The third kappa shape index (κ3) is 24.5. The minimum absolute atomic E-state index is 1.18. The molecule has 0 unspecified atom stereocenters. The third-order valence-corrected chi connectivity index (χ3v) is 1.68. The van der Waals surface area contributed by atoms with E-state index in [2.05, 4.69) is 25.8 Å². The van der Waals surface area contributed by atoms with Crippen molar-refractivity contribution in [2.45, 2.75) is 60.8 Å². The number of nitrogens with zero attached hydrogens (tertiary/aromatic N) is 1. The molecule has 84 valence electrons. The van der Waals surface area contributed by atoms with Crippen molar-refractivity contribution in [1.29, 1.82) is 0 Å². The summed E-state index contributed by atoms with van der Waals surface area (Å²) in [4.78, 5) is 2.36. The molecule has 0 radical (unpaired) electrons. The number of rotatable bonds is 5. The molecule has 0 aromatic rings. The minimum Gasteiger partial charge on any atom is -0.307 e. The Bertz CT molecular complexity index is 53.1. The van der Waals surface area contributed by atoms with Gasteiger partial charge in [0.1, 0.15) is 0 Å². The molecule has 0 aliphatic rings. The molecule has 0 saturated heterocycles. The Labute approximate surface area is 86.5 Å². The molecule has 1 nitrogen and oxygen atoms in total. The lowest BCUT2D eigenvalue weighted by molar-refractivity contribution is 0.343. The van der Waals surface area contributed by atoms with E-state index in [1.165, 1.54) is 32.4 Å². The van der Waals surface area contributed by atoms with Gasteiger partial charge in [-0.2, -0.15) is 0 Å². The van der Waals surface area contributed by atoms with E-state index in [9.17, 15) is 0 Å². The van der Waals surface area contributed by atoms with Crippen molar-refractivity contribution in [3.63, 3.8) is 0 Å². The van der Waals surface area contributed by atoms with Crippen LogP contribution in [0.1, 0.15) is 60.8 Å². The van der Waals surface area contributed by atoms with E-state index in [-0.39, 0.29) is 0 Å². The van der Waals surface area contributed by atoms with E-state index >= 15 is 0 Å². The molecule has 0 aliphatic heterocycles. The van der Waals surface area contributed by atoms with Crippen molar-refractivity contribution < 1.29 is 0 Å². The van der Waals surface area contributed by atoms with E-state index < -0.39 is 0 Å². The molecule has 1 heteroatoms. The molecule has 0 heterocycles. The number of unbranched alkanes of at least 4 members (excludes halogenated alkanes) is 2. The minimum atomic E-state index is 1.18. The topological polar surface area (TPSA) is 3.24 Å². The predicted octanol–water partition coefficient (Wildman–Crippen LogP) is 4.18. The zero-order chi connectivity index (χ0) is 11.1. The lowest BCUT2D eigenvalue weighted by atomic mass is 10.2. The second-order valence-corrected chi connectivity index (χ2v) is 2.60.